The molecule has 3 nitrogen and oxygen atoms in total. The fourth-order valence-electron chi connectivity index (χ4n) is 2.85. The predicted molar refractivity (Wildman–Crippen MR) is 99.2 cm³/mol. The second-order valence-electron chi connectivity index (χ2n) is 5.76. The number of nitrogens with one attached hydrogen (secondary N) is 1. The maximum atomic E-state index is 9.70. The highest BCUT2D eigenvalue weighted by Gasteiger charge is 2.19. The van der Waals surface area contributed by atoms with Gasteiger partial charge in [0.05, 0.1) is 19.2 Å². The summed E-state index contributed by atoms with van der Waals surface area (Å²) in [5.41, 5.74) is 3.17. The Balaban J connectivity index is 1.92. The third-order valence-electron chi connectivity index (χ3n) is 4.18. The van der Waals surface area contributed by atoms with E-state index in [1.165, 1.54) is 0 Å². The fraction of sp³-hybridized carbons (Fsp3) is 0.136. The highest BCUT2D eigenvalue weighted by Crippen LogP contribution is 2.26. The van der Waals surface area contributed by atoms with Gasteiger partial charge in [0.25, 0.3) is 0 Å². The lowest BCUT2D eigenvalue weighted by atomic mass is 9.96. The summed E-state index contributed by atoms with van der Waals surface area (Å²) in [4.78, 5) is 0. The van der Waals surface area contributed by atoms with Crippen LogP contribution in [0.15, 0.2) is 84.9 Å². The van der Waals surface area contributed by atoms with Crippen molar-refractivity contribution in [2.24, 2.45) is 0 Å². The molecule has 0 unspecified atom stereocenters. The number of hydrogen-bond acceptors (Lipinski definition) is 3. The summed E-state index contributed by atoms with van der Waals surface area (Å²) in [6.45, 7) is 0. The first kappa shape index (κ1) is 16.8. The molecule has 25 heavy (non-hydrogen) atoms. The highest BCUT2D eigenvalue weighted by atomic mass is 16.5. The van der Waals surface area contributed by atoms with Crippen LogP contribution in [0.5, 0.6) is 5.75 Å². The van der Waals surface area contributed by atoms with Crippen LogP contribution in [-0.4, -0.2) is 7.11 Å². The summed E-state index contributed by atoms with van der Waals surface area (Å²) in [5, 5.41) is 13.2. The molecule has 3 aromatic carbocycles. The van der Waals surface area contributed by atoms with E-state index in [2.05, 4.69) is 35.7 Å². The Morgan fingerprint density at radius 3 is 1.72 bits per heavy atom. The van der Waals surface area contributed by atoms with Crippen LogP contribution in [0, 0.1) is 11.3 Å². The van der Waals surface area contributed by atoms with E-state index in [4.69, 9.17) is 4.74 Å². The molecule has 0 amide bonds. The third-order valence-corrected chi connectivity index (χ3v) is 4.18. The number of nitriles is 1. The first-order valence-corrected chi connectivity index (χ1v) is 8.21. The minimum Gasteiger partial charge on any atom is -0.497 e. The van der Waals surface area contributed by atoms with E-state index >= 15 is 0 Å². The molecule has 0 saturated carbocycles. The van der Waals surface area contributed by atoms with Gasteiger partial charge in [-0.05, 0) is 28.8 Å². The Morgan fingerprint density at radius 2 is 1.28 bits per heavy atom. The van der Waals surface area contributed by atoms with Crippen molar-refractivity contribution in [1.82, 2.24) is 5.32 Å². The maximum Gasteiger partial charge on any atom is 0.122 e. The molecule has 0 fully saturated rings. The Morgan fingerprint density at radius 1 is 0.760 bits per heavy atom. The monoisotopic (exact) mass is 328 g/mol. The Kier molecular flexibility index (Phi) is 5.46. The number of benzene rings is 3. The summed E-state index contributed by atoms with van der Waals surface area (Å²) in [5.74, 6) is 0.781. The predicted octanol–water partition coefficient (Wildman–Crippen LogP) is 4.64. The van der Waals surface area contributed by atoms with E-state index in [1.54, 1.807) is 7.11 Å². The molecule has 0 aliphatic rings. The molecule has 1 atom stereocenters. The minimum absolute atomic E-state index is 0.0610. The van der Waals surface area contributed by atoms with Crippen molar-refractivity contribution in [2.45, 2.75) is 12.1 Å². The van der Waals surface area contributed by atoms with Crippen molar-refractivity contribution in [3.8, 4) is 11.8 Å². The number of methoxy groups -OCH3 is 1. The van der Waals surface area contributed by atoms with Gasteiger partial charge in [-0.25, -0.2) is 0 Å². The number of rotatable bonds is 6. The second-order valence-corrected chi connectivity index (χ2v) is 5.76. The van der Waals surface area contributed by atoms with Gasteiger partial charge < -0.3 is 4.74 Å². The first-order chi connectivity index (χ1) is 12.3. The molecule has 3 heteroatoms. The lowest BCUT2D eigenvalue weighted by molar-refractivity contribution is 0.414. The summed E-state index contributed by atoms with van der Waals surface area (Å²) in [6, 6.07) is 29.9. The molecule has 3 rings (SSSR count). The van der Waals surface area contributed by atoms with Gasteiger partial charge in [-0.15, -0.1) is 0 Å². The molecule has 0 radical (unpaired) electrons. The lowest BCUT2D eigenvalue weighted by Gasteiger charge is -2.23. The fourth-order valence-corrected chi connectivity index (χ4v) is 2.85. The topological polar surface area (TPSA) is 45.0 Å². The number of hydrogen-bond donors (Lipinski definition) is 1. The van der Waals surface area contributed by atoms with Crippen LogP contribution in [0.4, 0.5) is 0 Å². The molecule has 0 bridgehead atoms. The van der Waals surface area contributed by atoms with Crippen LogP contribution < -0.4 is 10.1 Å². The van der Waals surface area contributed by atoms with Gasteiger partial charge in [0.1, 0.15) is 11.8 Å². The SMILES string of the molecule is COc1ccc([C@H](C#N)NC(c2ccccc2)c2ccccc2)cc1. The van der Waals surface area contributed by atoms with Gasteiger partial charge in [-0.3, -0.25) is 5.32 Å². The zero-order valence-electron chi connectivity index (χ0n) is 14.1. The van der Waals surface area contributed by atoms with Gasteiger partial charge in [0, 0.05) is 0 Å². The zero-order chi connectivity index (χ0) is 17.5. The summed E-state index contributed by atoms with van der Waals surface area (Å²) in [6.07, 6.45) is 0. The van der Waals surface area contributed by atoms with Crippen LogP contribution in [0.3, 0.4) is 0 Å². The largest absolute Gasteiger partial charge is 0.497 e. The van der Waals surface area contributed by atoms with Gasteiger partial charge in [-0.1, -0.05) is 72.8 Å². The van der Waals surface area contributed by atoms with E-state index < -0.39 is 6.04 Å². The average Bonchev–Trinajstić information content (AvgIpc) is 2.70. The summed E-state index contributed by atoms with van der Waals surface area (Å²) >= 11 is 0. The van der Waals surface area contributed by atoms with Gasteiger partial charge >= 0.3 is 0 Å². The van der Waals surface area contributed by atoms with E-state index in [0.717, 1.165) is 22.4 Å². The van der Waals surface area contributed by atoms with Crippen molar-refractivity contribution in [1.29, 1.82) is 5.26 Å². The second kappa shape index (κ2) is 8.14. The standard InChI is InChI=1S/C22H20N2O/c1-25-20-14-12-17(13-15-20)21(16-23)24-22(18-8-4-2-5-9-18)19-10-6-3-7-11-19/h2-15,21-22,24H,1H3/t21-/m0/s1. The third kappa shape index (κ3) is 4.06. The Labute approximate surface area is 148 Å². The highest BCUT2D eigenvalue weighted by molar-refractivity contribution is 5.35. The van der Waals surface area contributed by atoms with Gasteiger partial charge in [-0.2, -0.15) is 5.26 Å². The molecule has 0 aromatic heterocycles. The van der Waals surface area contributed by atoms with Crippen LogP contribution in [-0.2, 0) is 0 Å². The quantitative estimate of drug-likeness (QED) is 0.717. The van der Waals surface area contributed by atoms with Crippen molar-refractivity contribution in [3.05, 3.63) is 102 Å². The molecule has 0 heterocycles. The molecule has 0 aliphatic heterocycles. The van der Waals surface area contributed by atoms with Crippen molar-refractivity contribution >= 4 is 0 Å². The Bertz CT molecular complexity index is 784. The number of nitrogens with zero attached hydrogens (tertiary/aromatic N) is 1. The van der Waals surface area contributed by atoms with Crippen LogP contribution in [0.25, 0.3) is 0 Å². The van der Waals surface area contributed by atoms with Crippen LogP contribution >= 0.6 is 0 Å². The van der Waals surface area contributed by atoms with E-state index in [-0.39, 0.29) is 6.04 Å². The van der Waals surface area contributed by atoms with E-state index in [0.29, 0.717) is 0 Å². The van der Waals surface area contributed by atoms with Gasteiger partial charge in [0.2, 0.25) is 0 Å². The Hall–Kier alpha value is -3.09. The maximum absolute atomic E-state index is 9.70. The van der Waals surface area contributed by atoms with Crippen molar-refractivity contribution in [3.63, 3.8) is 0 Å². The molecule has 0 spiro atoms. The van der Waals surface area contributed by atoms with Crippen molar-refractivity contribution < 1.29 is 4.74 Å². The summed E-state index contributed by atoms with van der Waals surface area (Å²) in [7, 11) is 1.63. The lowest BCUT2D eigenvalue weighted by Crippen LogP contribution is -2.26. The normalized spacial score (nSPS) is 11.7. The van der Waals surface area contributed by atoms with Crippen LogP contribution in [0.1, 0.15) is 28.8 Å². The van der Waals surface area contributed by atoms with Crippen LogP contribution in [0.2, 0.25) is 0 Å². The molecule has 1 N–H and O–H groups in total. The zero-order valence-corrected chi connectivity index (χ0v) is 14.1. The molecule has 0 saturated heterocycles. The molecule has 3 aromatic rings. The summed E-state index contributed by atoms with van der Waals surface area (Å²) < 4.78 is 5.20. The molecule has 124 valence electrons. The molecular weight excluding hydrogens is 308 g/mol. The van der Waals surface area contributed by atoms with Gasteiger partial charge in [0.15, 0.2) is 0 Å². The first-order valence-electron chi connectivity index (χ1n) is 8.21. The van der Waals surface area contributed by atoms with Crippen molar-refractivity contribution in [2.75, 3.05) is 7.11 Å². The number of ether oxygens (including phenoxy) is 1. The smallest absolute Gasteiger partial charge is 0.122 e. The molecule has 0 aliphatic carbocycles. The minimum atomic E-state index is -0.420. The average molecular weight is 328 g/mol. The van der Waals surface area contributed by atoms with E-state index in [9.17, 15) is 5.26 Å². The molecular formula is C22H20N2O. The van der Waals surface area contributed by atoms with E-state index in [1.807, 2.05) is 60.7 Å².